The first-order chi connectivity index (χ1) is 38.0. The highest BCUT2D eigenvalue weighted by molar-refractivity contribution is 5.71. The van der Waals surface area contributed by atoms with Crippen LogP contribution in [0.1, 0.15) is 303 Å². The second-order valence-corrected chi connectivity index (χ2v) is 21.3. The van der Waals surface area contributed by atoms with Crippen LogP contribution < -0.4 is 0 Å². The quantitative estimate of drug-likeness (QED) is 0.0261. The number of allylic oxidation sites excluding steroid dienone is 18. The zero-order chi connectivity index (χ0) is 55.7. The highest BCUT2D eigenvalue weighted by atomic mass is 16.6. The van der Waals surface area contributed by atoms with E-state index in [4.69, 9.17) is 14.2 Å². The van der Waals surface area contributed by atoms with Gasteiger partial charge in [-0.3, -0.25) is 14.4 Å². The lowest BCUT2D eigenvalue weighted by atomic mass is 10.0. The first-order valence-electron chi connectivity index (χ1n) is 32.4. The van der Waals surface area contributed by atoms with Gasteiger partial charge in [0.2, 0.25) is 0 Å². The Morgan fingerprint density at radius 1 is 0.273 bits per heavy atom. The third kappa shape index (κ3) is 62.8. The maximum Gasteiger partial charge on any atom is 0.306 e. The standard InChI is InChI=1S/C71H120O6/c1-4-7-10-13-15-17-19-21-23-25-27-29-31-32-33-34-35-36-37-38-40-41-43-45-47-49-51-53-55-58-61-64-70(73)76-67-68(66-75-69(72)63-60-57-12-9-6-3)77-71(74)65-62-59-56-54-52-50-48-46-44-42-39-30-28-26-24-22-20-18-16-14-11-8-5-2/h7,10,15,17,21,23,27,29,32-33,35-36,38,40,43,45,49,51,68H,4-6,8-9,11-14,16,18-20,22,24-26,28,30-31,34,37,39,41-42,44,46-48,50,52-67H2,1-3H3/b10-7-,17-15-,23-21-,29-27-,33-32-,36-35-,40-38-,45-43-,51-49-. The SMILES string of the molecule is CC/C=C\C/C=C\C/C=C\C/C=C\C/C=C\C/C=C\C/C=C\C/C=C\C/C=C\CCCCCC(=O)OCC(COC(=O)CCCCCCC)OC(=O)CCCCCCCCCCCCCCCCCCCCCCCCC. The third-order valence-electron chi connectivity index (χ3n) is 13.8. The molecule has 1 unspecified atom stereocenters. The zero-order valence-corrected chi connectivity index (χ0v) is 50.4. The van der Waals surface area contributed by atoms with E-state index in [-0.39, 0.29) is 31.1 Å². The van der Waals surface area contributed by atoms with Gasteiger partial charge < -0.3 is 14.2 Å². The number of carbonyl (C=O) groups is 3. The summed E-state index contributed by atoms with van der Waals surface area (Å²) in [5.41, 5.74) is 0. The third-order valence-corrected chi connectivity index (χ3v) is 13.8. The fraction of sp³-hybridized carbons (Fsp3) is 0.704. The molecule has 0 bridgehead atoms. The molecule has 6 heteroatoms. The van der Waals surface area contributed by atoms with E-state index in [1.54, 1.807) is 0 Å². The Bertz CT molecular complexity index is 1560. The molecule has 77 heavy (non-hydrogen) atoms. The maximum atomic E-state index is 12.8. The van der Waals surface area contributed by atoms with Crippen molar-refractivity contribution in [2.45, 2.75) is 309 Å². The minimum Gasteiger partial charge on any atom is -0.462 e. The van der Waals surface area contributed by atoms with E-state index in [2.05, 4.69) is 130 Å². The molecule has 6 nitrogen and oxygen atoms in total. The van der Waals surface area contributed by atoms with Crippen molar-refractivity contribution in [2.75, 3.05) is 13.2 Å². The number of carbonyl (C=O) groups excluding carboxylic acids is 3. The molecule has 0 aliphatic heterocycles. The van der Waals surface area contributed by atoms with Crippen molar-refractivity contribution in [2.24, 2.45) is 0 Å². The Hall–Kier alpha value is -3.93. The number of hydrogen-bond acceptors (Lipinski definition) is 6. The van der Waals surface area contributed by atoms with E-state index in [1.165, 1.54) is 135 Å². The highest BCUT2D eigenvalue weighted by Gasteiger charge is 2.19. The number of hydrogen-bond donors (Lipinski definition) is 0. The van der Waals surface area contributed by atoms with Crippen LogP contribution >= 0.6 is 0 Å². The first kappa shape index (κ1) is 73.1. The van der Waals surface area contributed by atoms with Crippen molar-refractivity contribution in [3.63, 3.8) is 0 Å². The summed E-state index contributed by atoms with van der Waals surface area (Å²) >= 11 is 0. The largest absolute Gasteiger partial charge is 0.462 e. The van der Waals surface area contributed by atoms with Gasteiger partial charge in [-0.25, -0.2) is 0 Å². The van der Waals surface area contributed by atoms with Crippen LogP contribution in [0.5, 0.6) is 0 Å². The summed E-state index contributed by atoms with van der Waals surface area (Å²) < 4.78 is 16.7. The van der Waals surface area contributed by atoms with Gasteiger partial charge in [0.1, 0.15) is 13.2 Å². The van der Waals surface area contributed by atoms with Crippen molar-refractivity contribution in [3.05, 3.63) is 109 Å². The molecule has 0 N–H and O–H groups in total. The molecule has 0 aromatic rings. The fourth-order valence-electron chi connectivity index (χ4n) is 8.97. The molecule has 1 atom stereocenters. The molecule has 0 aromatic carbocycles. The molecule has 440 valence electrons. The lowest BCUT2D eigenvalue weighted by molar-refractivity contribution is -0.167. The average molecular weight is 1070 g/mol. The molecular formula is C71H120O6. The van der Waals surface area contributed by atoms with E-state index in [0.717, 1.165) is 128 Å². The monoisotopic (exact) mass is 1070 g/mol. The maximum absolute atomic E-state index is 12.8. The summed E-state index contributed by atoms with van der Waals surface area (Å²) in [5.74, 6) is -0.928. The molecule has 0 heterocycles. The molecule has 0 amide bonds. The van der Waals surface area contributed by atoms with Gasteiger partial charge in [0.15, 0.2) is 6.10 Å². The van der Waals surface area contributed by atoms with Crippen molar-refractivity contribution in [1.82, 2.24) is 0 Å². The van der Waals surface area contributed by atoms with Crippen LogP contribution in [0.4, 0.5) is 0 Å². The smallest absolute Gasteiger partial charge is 0.306 e. The van der Waals surface area contributed by atoms with E-state index < -0.39 is 6.10 Å². The summed E-state index contributed by atoms with van der Waals surface area (Å²) in [5, 5.41) is 0. The highest BCUT2D eigenvalue weighted by Crippen LogP contribution is 2.17. The van der Waals surface area contributed by atoms with Gasteiger partial charge >= 0.3 is 17.9 Å². The Kier molecular flexibility index (Phi) is 61.3. The van der Waals surface area contributed by atoms with E-state index in [9.17, 15) is 14.4 Å². The van der Waals surface area contributed by atoms with Crippen LogP contribution in [-0.2, 0) is 28.6 Å². The van der Waals surface area contributed by atoms with Crippen LogP contribution in [0.15, 0.2) is 109 Å². The molecule has 0 saturated heterocycles. The number of rotatable bonds is 58. The lowest BCUT2D eigenvalue weighted by Gasteiger charge is -2.18. The Morgan fingerprint density at radius 2 is 0.506 bits per heavy atom. The minimum absolute atomic E-state index is 0.0878. The Balaban J connectivity index is 4.12. The zero-order valence-electron chi connectivity index (χ0n) is 50.4. The summed E-state index contributed by atoms with van der Waals surface area (Å²) in [6.07, 6.45) is 88.7. The molecular weight excluding hydrogens is 949 g/mol. The van der Waals surface area contributed by atoms with Crippen molar-refractivity contribution in [1.29, 1.82) is 0 Å². The second-order valence-electron chi connectivity index (χ2n) is 21.3. The van der Waals surface area contributed by atoms with Gasteiger partial charge in [-0.15, -0.1) is 0 Å². The molecule has 0 saturated carbocycles. The van der Waals surface area contributed by atoms with Crippen molar-refractivity contribution >= 4 is 17.9 Å². The first-order valence-corrected chi connectivity index (χ1v) is 32.4. The minimum atomic E-state index is -0.788. The van der Waals surface area contributed by atoms with E-state index in [1.807, 2.05) is 0 Å². The van der Waals surface area contributed by atoms with E-state index >= 15 is 0 Å². The van der Waals surface area contributed by atoms with Crippen molar-refractivity contribution < 1.29 is 28.6 Å². The normalized spacial score (nSPS) is 12.8. The second kappa shape index (κ2) is 64.6. The summed E-state index contributed by atoms with van der Waals surface area (Å²) in [7, 11) is 0. The summed E-state index contributed by atoms with van der Waals surface area (Å²) in [4.78, 5) is 37.9. The average Bonchev–Trinajstić information content (AvgIpc) is 3.43. The van der Waals surface area contributed by atoms with Crippen molar-refractivity contribution in [3.8, 4) is 0 Å². The van der Waals surface area contributed by atoms with Crippen LogP contribution in [0, 0.1) is 0 Å². The molecule has 0 radical (unpaired) electrons. The Morgan fingerprint density at radius 3 is 0.792 bits per heavy atom. The number of esters is 3. The van der Waals surface area contributed by atoms with Crippen LogP contribution in [0.2, 0.25) is 0 Å². The molecule has 0 fully saturated rings. The van der Waals surface area contributed by atoms with Crippen LogP contribution in [0.25, 0.3) is 0 Å². The predicted octanol–water partition coefficient (Wildman–Crippen LogP) is 22.2. The lowest BCUT2D eigenvalue weighted by Crippen LogP contribution is -2.30. The molecule has 0 spiro atoms. The molecule has 0 aliphatic carbocycles. The van der Waals surface area contributed by atoms with Gasteiger partial charge in [-0.2, -0.15) is 0 Å². The van der Waals surface area contributed by atoms with Gasteiger partial charge in [-0.05, 0) is 89.9 Å². The Labute approximate surface area is 476 Å². The van der Waals surface area contributed by atoms with Gasteiger partial charge in [0.05, 0.1) is 0 Å². The summed E-state index contributed by atoms with van der Waals surface area (Å²) in [6.45, 7) is 6.44. The summed E-state index contributed by atoms with van der Waals surface area (Å²) in [6, 6.07) is 0. The van der Waals surface area contributed by atoms with Crippen LogP contribution in [-0.4, -0.2) is 37.2 Å². The molecule has 0 aliphatic rings. The fourth-order valence-corrected chi connectivity index (χ4v) is 8.97. The van der Waals surface area contributed by atoms with Gasteiger partial charge in [-0.1, -0.05) is 304 Å². The number of unbranched alkanes of at least 4 members (excludes halogenated alkanes) is 29. The molecule has 0 rings (SSSR count). The number of ether oxygens (including phenoxy) is 3. The van der Waals surface area contributed by atoms with Crippen LogP contribution in [0.3, 0.4) is 0 Å². The topological polar surface area (TPSA) is 78.9 Å². The van der Waals surface area contributed by atoms with Gasteiger partial charge in [0.25, 0.3) is 0 Å². The molecule has 0 aromatic heterocycles. The predicted molar refractivity (Wildman–Crippen MR) is 334 cm³/mol. The van der Waals surface area contributed by atoms with Gasteiger partial charge in [0, 0.05) is 19.3 Å². The van der Waals surface area contributed by atoms with E-state index in [0.29, 0.717) is 19.3 Å².